The molecule has 0 atom stereocenters. The van der Waals surface area contributed by atoms with Crippen molar-refractivity contribution < 1.29 is 0 Å². The maximum absolute atomic E-state index is 4.59. The first-order valence-corrected chi connectivity index (χ1v) is 5.94. The molecule has 2 nitrogen and oxygen atoms in total. The maximum atomic E-state index is 4.59. The Morgan fingerprint density at radius 1 is 1.36 bits per heavy atom. The fraction of sp³-hybridized carbons (Fsp3) is 0.364. The molecule has 74 valence electrons. The van der Waals surface area contributed by atoms with Gasteiger partial charge in [-0.1, -0.05) is 19.9 Å². The van der Waals surface area contributed by atoms with Gasteiger partial charge in [-0.2, -0.15) is 0 Å². The van der Waals surface area contributed by atoms with E-state index in [9.17, 15) is 0 Å². The molecule has 2 heterocycles. The van der Waals surface area contributed by atoms with Crippen molar-refractivity contribution in [2.75, 3.05) is 5.75 Å². The summed E-state index contributed by atoms with van der Waals surface area (Å²) < 4.78 is 2.17. The molecule has 0 aliphatic carbocycles. The lowest BCUT2D eigenvalue weighted by atomic mass is 10.4. The lowest BCUT2D eigenvalue weighted by Crippen LogP contribution is -1.87. The molecule has 0 N–H and O–H groups in total. The van der Waals surface area contributed by atoms with Crippen LogP contribution in [0.4, 0.5) is 0 Å². The number of nitrogens with zero attached hydrogens (tertiary/aromatic N) is 2. The molecule has 0 unspecified atom stereocenters. The summed E-state index contributed by atoms with van der Waals surface area (Å²) in [5.74, 6) is 1.09. The predicted molar refractivity (Wildman–Crippen MR) is 61.0 cm³/mol. The molecule has 2 aromatic heterocycles. The van der Waals surface area contributed by atoms with Gasteiger partial charge in [-0.15, -0.1) is 11.8 Å². The Labute approximate surface area is 88.4 Å². The van der Waals surface area contributed by atoms with E-state index in [0.717, 1.165) is 17.8 Å². The van der Waals surface area contributed by atoms with Crippen LogP contribution >= 0.6 is 11.8 Å². The first kappa shape index (κ1) is 9.59. The molecule has 0 fully saturated rings. The van der Waals surface area contributed by atoms with E-state index in [1.807, 2.05) is 23.9 Å². The average molecular weight is 206 g/mol. The fourth-order valence-electron chi connectivity index (χ4n) is 1.54. The third-order valence-corrected chi connectivity index (χ3v) is 3.16. The van der Waals surface area contributed by atoms with Crippen molar-refractivity contribution in [2.24, 2.45) is 0 Å². The maximum Gasteiger partial charge on any atom is 0.137 e. The van der Waals surface area contributed by atoms with Gasteiger partial charge < -0.3 is 0 Å². The van der Waals surface area contributed by atoms with Crippen molar-refractivity contribution in [3.8, 4) is 0 Å². The van der Waals surface area contributed by atoms with E-state index < -0.39 is 0 Å². The van der Waals surface area contributed by atoms with Gasteiger partial charge in [0.2, 0.25) is 0 Å². The molecule has 2 aromatic rings. The molecule has 0 bridgehead atoms. The number of imidazole rings is 1. The van der Waals surface area contributed by atoms with Crippen molar-refractivity contribution in [2.45, 2.75) is 25.3 Å². The number of pyridine rings is 1. The summed E-state index contributed by atoms with van der Waals surface area (Å²) in [7, 11) is 0. The monoisotopic (exact) mass is 206 g/mol. The Bertz CT molecular complexity index is 434. The second-order valence-electron chi connectivity index (χ2n) is 3.08. The Hall–Kier alpha value is -0.960. The molecule has 0 saturated carbocycles. The van der Waals surface area contributed by atoms with Gasteiger partial charge in [-0.3, -0.25) is 4.40 Å². The van der Waals surface area contributed by atoms with Crippen LogP contribution in [0.2, 0.25) is 0 Å². The van der Waals surface area contributed by atoms with E-state index >= 15 is 0 Å². The number of thioether (sulfide) groups is 1. The molecule has 0 amide bonds. The average Bonchev–Trinajstić information content (AvgIpc) is 2.58. The quantitative estimate of drug-likeness (QED) is 0.718. The lowest BCUT2D eigenvalue weighted by molar-refractivity contribution is 0.964. The Kier molecular flexibility index (Phi) is 2.77. The van der Waals surface area contributed by atoms with Gasteiger partial charge in [0.15, 0.2) is 0 Å². The summed E-state index contributed by atoms with van der Waals surface area (Å²) in [6, 6.07) is 6.13. The smallest absolute Gasteiger partial charge is 0.137 e. The van der Waals surface area contributed by atoms with Gasteiger partial charge in [0.05, 0.1) is 5.69 Å². The number of rotatable bonds is 3. The van der Waals surface area contributed by atoms with Crippen LogP contribution in [0.15, 0.2) is 29.4 Å². The van der Waals surface area contributed by atoms with E-state index in [-0.39, 0.29) is 0 Å². The van der Waals surface area contributed by atoms with Crippen molar-refractivity contribution in [3.05, 3.63) is 30.1 Å². The highest BCUT2D eigenvalue weighted by Gasteiger charge is 2.08. The standard InChI is InChI=1S/C11H14N2S/c1-3-9-11(14-4-2)13-8-6-5-7-10(13)12-9/h5-8H,3-4H2,1-2H3. The minimum Gasteiger partial charge on any atom is -0.294 e. The van der Waals surface area contributed by atoms with Crippen molar-refractivity contribution >= 4 is 17.4 Å². The largest absolute Gasteiger partial charge is 0.294 e. The molecule has 14 heavy (non-hydrogen) atoms. The Balaban J connectivity index is 2.61. The molecular weight excluding hydrogens is 192 g/mol. The number of fused-ring (bicyclic) bond motifs is 1. The summed E-state index contributed by atoms with van der Waals surface area (Å²) in [4.78, 5) is 4.59. The zero-order valence-corrected chi connectivity index (χ0v) is 9.34. The topological polar surface area (TPSA) is 17.3 Å². The number of hydrogen-bond acceptors (Lipinski definition) is 2. The van der Waals surface area contributed by atoms with E-state index in [1.54, 1.807) is 0 Å². The highest BCUT2D eigenvalue weighted by Crippen LogP contribution is 2.24. The van der Waals surface area contributed by atoms with Crippen LogP contribution in [0.1, 0.15) is 19.5 Å². The number of hydrogen-bond donors (Lipinski definition) is 0. The molecule has 0 aliphatic rings. The zero-order valence-electron chi connectivity index (χ0n) is 8.53. The van der Waals surface area contributed by atoms with Gasteiger partial charge in [-0.25, -0.2) is 4.98 Å². The highest BCUT2D eigenvalue weighted by molar-refractivity contribution is 7.99. The van der Waals surface area contributed by atoms with Crippen LogP contribution in [-0.2, 0) is 6.42 Å². The SMILES string of the molecule is CCSc1c(CC)nc2ccccn12. The molecule has 0 radical (unpaired) electrons. The zero-order chi connectivity index (χ0) is 9.97. The number of aromatic nitrogens is 2. The first-order valence-electron chi connectivity index (χ1n) is 4.95. The lowest BCUT2D eigenvalue weighted by Gasteiger charge is -2.00. The summed E-state index contributed by atoms with van der Waals surface area (Å²) in [6.07, 6.45) is 3.09. The second kappa shape index (κ2) is 4.05. The van der Waals surface area contributed by atoms with Crippen LogP contribution < -0.4 is 0 Å². The third-order valence-electron chi connectivity index (χ3n) is 2.17. The van der Waals surface area contributed by atoms with Crippen LogP contribution in [0.25, 0.3) is 5.65 Å². The highest BCUT2D eigenvalue weighted by atomic mass is 32.2. The van der Waals surface area contributed by atoms with E-state index in [1.165, 1.54) is 10.7 Å². The van der Waals surface area contributed by atoms with Crippen LogP contribution in [0.5, 0.6) is 0 Å². The first-order chi connectivity index (χ1) is 6.86. The normalized spacial score (nSPS) is 11.0. The molecule has 0 saturated heterocycles. The molecule has 0 spiro atoms. The second-order valence-corrected chi connectivity index (χ2v) is 4.33. The molecular formula is C11H14N2S. The van der Waals surface area contributed by atoms with Gasteiger partial charge in [0, 0.05) is 6.20 Å². The van der Waals surface area contributed by atoms with E-state index in [4.69, 9.17) is 0 Å². The Morgan fingerprint density at radius 3 is 2.93 bits per heavy atom. The molecule has 0 aliphatic heterocycles. The number of aryl methyl sites for hydroxylation is 1. The summed E-state index contributed by atoms with van der Waals surface area (Å²) in [5.41, 5.74) is 2.27. The summed E-state index contributed by atoms with van der Waals surface area (Å²) >= 11 is 1.86. The van der Waals surface area contributed by atoms with Crippen LogP contribution in [0, 0.1) is 0 Å². The van der Waals surface area contributed by atoms with Crippen molar-refractivity contribution in [1.29, 1.82) is 0 Å². The van der Waals surface area contributed by atoms with Gasteiger partial charge >= 0.3 is 0 Å². The minimum atomic E-state index is 1.00. The summed E-state index contributed by atoms with van der Waals surface area (Å²) in [6.45, 7) is 4.33. The van der Waals surface area contributed by atoms with Crippen LogP contribution in [0.3, 0.4) is 0 Å². The molecule has 3 heteroatoms. The predicted octanol–water partition coefficient (Wildman–Crippen LogP) is 3.01. The van der Waals surface area contributed by atoms with E-state index in [2.05, 4.69) is 35.5 Å². The third kappa shape index (κ3) is 1.52. The molecule has 2 rings (SSSR count). The molecule has 0 aromatic carbocycles. The fourth-order valence-corrected chi connectivity index (χ4v) is 2.47. The van der Waals surface area contributed by atoms with Crippen molar-refractivity contribution in [1.82, 2.24) is 9.38 Å². The van der Waals surface area contributed by atoms with Gasteiger partial charge in [-0.05, 0) is 24.3 Å². The van der Waals surface area contributed by atoms with Crippen molar-refractivity contribution in [3.63, 3.8) is 0 Å². The van der Waals surface area contributed by atoms with Gasteiger partial charge in [0.1, 0.15) is 10.7 Å². The van der Waals surface area contributed by atoms with Crippen LogP contribution in [-0.4, -0.2) is 15.1 Å². The Morgan fingerprint density at radius 2 is 2.21 bits per heavy atom. The van der Waals surface area contributed by atoms with Gasteiger partial charge in [0.25, 0.3) is 0 Å². The summed E-state index contributed by atoms with van der Waals surface area (Å²) in [5, 5.41) is 1.30. The van der Waals surface area contributed by atoms with E-state index in [0.29, 0.717) is 0 Å². The minimum absolute atomic E-state index is 1.00.